The number of carboxylic acids is 1. The molecule has 1 heterocycles. The monoisotopic (exact) mass is 276 g/mol. The molecule has 0 saturated carbocycles. The largest absolute Gasteiger partial charge is 0.480 e. The number of aliphatic carboxylic acids is 1. The maximum atomic E-state index is 11.1. The van der Waals surface area contributed by atoms with Gasteiger partial charge < -0.3 is 9.84 Å². The molecule has 1 rings (SSSR count). The van der Waals surface area contributed by atoms with Gasteiger partial charge in [-0.15, -0.1) is 0 Å². The molecular weight excluding hydrogens is 264 g/mol. The van der Waals surface area contributed by atoms with Crippen molar-refractivity contribution in [2.24, 2.45) is 5.92 Å². The zero-order chi connectivity index (χ0) is 13.0. The van der Waals surface area contributed by atoms with E-state index >= 15 is 0 Å². The van der Waals surface area contributed by atoms with Gasteiger partial charge in [0.15, 0.2) is 0 Å². The van der Waals surface area contributed by atoms with Crippen molar-refractivity contribution in [2.45, 2.75) is 24.1 Å². The minimum atomic E-state index is -0.890. The van der Waals surface area contributed by atoms with Gasteiger partial charge in [-0.25, -0.2) is 4.98 Å². The average Bonchev–Trinajstić information content (AvgIpc) is 2.27. The lowest BCUT2D eigenvalue weighted by atomic mass is 10.1. The molecule has 0 aliphatic rings. The quantitative estimate of drug-likeness (QED) is 0.657. The summed E-state index contributed by atoms with van der Waals surface area (Å²) < 4.78 is 4.87. The van der Waals surface area contributed by atoms with E-state index < -0.39 is 11.2 Å². The molecule has 1 unspecified atom stereocenters. The lowest BCUT2D eigenvalue weighted by Crippen LogP contribution is -2.22. The molecule has 0 aromatic carbocycles. The minimum Gasteiger partial charge on any atom is -0.480 e. The predicted octanol–water partition coefficient (Wildman–Crippen LogP) is 2.34. The van der Waals surface area contributed by atoms with Gasteiger partial charge in [0.05, 0.1) is 18.3 Å². The van der Waals surface area contributed by atoms with Gasteiger partial charge in [-0.3, -0.25) is 4.79 Å². The third-order valence-electron chi connectivity index (χ3n) is 1.96. The molecule has 1 atom stereocenters. The summed E-state index contributed by atoms with van der Waals surface area (Å²) in [6, 6.07) is 0.171. The third kappa shape index (κ3) is 3.74. The standard InChI is InChI=1S/C10H13ClN2O3S/c1-5(2)7(9(14)15)17-8-6(11)4-12-10(13-8)16-3/h4-5,7H,1-3H3,(H,14,15). The second-order valence-electron chi connectivity index (χ2n) is 3.63. The van der Waals surface area contributed by atoms with Crippen LogP contribution < -0.4 is 4.74 Å². The van der Waals surface area contributed by atoms with Crippen LogP contribution in [0.1, 0.15) is 13.8 Å². The Balaban J connectivity index is 2.96. The van der Waals surface area contributed by atoms with Crippen molar-refractivity contribution in [1.82, 2.24) is 9.97 Å². The van der Waals surface area contributed by atoms with Gasteiger partial charge in [0.1, 0.15) is 10.3 Å². The van der Waals surface area contributed by atoms with Crippen LogP contribution in [0.5, 0.6) is 6.01 Å². The highest BCUT2D eigenvalue weighted by Crippen LogP contribution is 2.32. The van der Waals surface area contributed by atoms with Gasteiger partial charge in [-0.2, -0.15) is 4.98 Å². The molecule has 1 aromatic rings. The smallest absolute Gasteiger partial charge is 0.317 e. The number of thioether (sulfide) groups is 1. The molecule has 0 aliphatic heterocycles. The van der Waals surface area contributed by atoms with Crippen LogP contribution in [0.4, 0.5) is 0 Å². The number of hydrogen-bond donors (Lipinski definition) is 1. The van der Waals surface area contributed by atoms with E-state index in [1.807, 2.05) is 13.8 Å². The fourth-order valence-electron chi connectivity index (χ4n) is 1.11. The lowest BCUT2D eigenvalue weighted by molar-refractivity contribution is -0.137. The summed E-state index contributed by atoms with van der Waals surface area (Å²) in [5.41, 5.74) is 0. The first-order chi connectivity index (χ1) is 7.95. The number of methoxy groups -OCH3 is 1. The van der Waals surface area contributed by atoms with Gasteiger partial charge in [-0.1, -0.05) is 37.2 Å². The van der Waals surface area contributed by atoms with Gasteiger partial charge in [0.2, 0.25) is 0 Å². The summed E-state index contributed by atoms with van der Waals surface area (Å²) in [6.45, 7) is 3.66. The molecule has 17 heavy (non-hydrogen) atoms. The highest BCUT2D eigenvalue weighted by Gasteiger charge is 2.24. The number of nitrogens with zero attached hydrogens (tertiary/aromatic N) is 2. The van der Waals surface area contributed by atoms with E-state index in [1.54, 1.807) is 0 Å². The predicted molar refractivity (Wildman–Crippen MR) is 65.7 cm³/mol. The Kier molecular flexibility index (Phi) is 5.02. The van der Waals surface area contributed by atoms with Gasteiger partial charge in [-0.05, 0) is 5.92 Å². The Labute approximate surface area is 109 Å². The first-order valence-electron chi connectivity index (χ1n) is 4.91. The first-order valence-corrected chi connectivity index (χ1v) is 6.17. The van der Waals surface area contributed by atoms with Crippen molar-refractivity contribution >= 4 is 29.3 Å². The van der Waals surface area contributed by atoms with Crippen LogP contribution in [0.2, 0.25) is 5.02 Å². The van der Waals surface area contributed by atoms with Crippen LogP contribution in [-0.4, -0.2) is 33.4 Å². The number of aromatic nitrogens is 2. The zero-order valence-corrected chi connectivity index (χ0v) is 11.2. The molecule has 0 amide bonds. The Hall–Kier alpha value is -1.01. The molecule has 0 radical (unpaired) electrons. The van der Waals surface area contributed by atoms with E-state index in [4.69, 9.17) is 21.4 Å². The zero-order valence-electron chi connectivity index (χ0n) is 9.68. The van der Waals surface area contributed by atoms with E-state index in [9.17, 15) is 4.79 Å². The fourth-order valence-corrected chi connectivity index (χ4v) is 2.24. The molecule has 0 fully saturated rings. The Morgan fingerprint density at radius 3 is 2.71 bits per heavy atom. The summed E-state index contributed by atoms with van der Waals surface area (Å²) in [5.74, 6) is -0.923. The van der Waals surface area contributed by atoms with Gasteiger partial charge in [0, 0.05) is 0 Å². The van der Waals surface area contributed by atoms with Crippen LogP contribution in [0.3, 0.4) is 0 Å². The molecule has 1 aromatic heterocycles. The third-order valence-corrected chi connectivity index (χ3v) is 3.88. The number of carboxylic acid groups (broad SMARTS) is 1. The topological polar surface area (TPSA) is 72.3 Å². The normalized spacial score (nSPS) is 12.5. The van der Waals surface area contributed by atoms with E-state index in [0.29, 0.717) is 10.0 Å². The number of carbonyl (C=O) groups is 1. The minimum absolute atomic E-state index is 0.0328. The number of hydrogen-bond acceptors (Lipinski definition) is 5. The Morgan fingerprint density at radius 1 is 1.59 bits per heavy atom. The van der Waals surface area contributed by atoms with Crippen molar-refractivity contribution in [2.75, 3.05) is 7.11 Å². The van der Waals surface area contributed by atoms with Crippen LogP contribution >= 0.6 is 23.4 Å². The summed E-state index contributed by atoms with van der Waals surface area (Å²) >= 11 is 7.01. The van der Waals surface area contributed by atoms with Crippen molar-refractivity contribution in [1.29, 1.82) is 0 Å². The maximum absolute atomic E-state index is 11.1. The lowest BCUT2D eigenvalue weighted by Gasteiger charge is -2.15. The van der Waals surface area contributed by atoms with Crippen LogP contribution in [0.15, 0.2) is 11.2 Å². The van der Waals surface area contributed by atoms with Gasteiger partial charge in [0.25, 0.3) is 0 Å². The summed E-state index contributed by atoms with van der Waals surface area (Å²) in [4.78, 5) is 18.9. The first kappa shape index (κ1) is 14.1. The van der Waals surface area contributed by atoms with Crippen molar-refractivity contribution in [3.63, 3.8) is 0 Å². The molecule has 5 nitrogen and oxygen atoms in total. The van der Waals surface area contributed by atoms with E-state index in [2.05, 4.69) is 9.97 Å². The van der Waals surface area contributed by atoms with Gasteiger partial charge >= 0.3 is 12.0 Å². The molecule has 1 N–H and O–H groups in total. The second-order valence-corrected chi connectivity index (χ2v) is 5.17. The number of ether oxygens (including phenoxy) is 1. The summed E-state index contributed by atoms with van der Waals surface area (Å²) in [5, 5.41) is 9.22. The number of rotatable bonds is 5. The molecular formula is C10H13ClN2O3S. The van der Waals surface area contributed by atoms with Crippen molar-refractivity contribution < 1.29 is 14.6 Å². The SMILES string of the molecule is COc1ncc(Cl)c(SC(C(=O)O)C(C)C)n1. The molecule has 0 bridgehead atoms. The highest BCUT2D eigenvalue weighted by atomic mass is 35.5. The van der Waals surface area contributed by atoms with E-state index in [1.165, 1.54) is 13.3 Å². The Bertz CT molecular complexity index is 415. The molecule has 0 saturated heterocycles. The molecule has 0 aliphatic carbocycles. The molecule has 7 heteroatoms. The van der Waals surface area contributed by atoms with Crippen LogP contribution in [0.25, 0.3) is 0 Å². The summed E-state index contributed by atoms with van der Waals surface area (Å²) in [6.07, 6.45) is 1.40. The second kappa shape index (κ2) is 6.07. The van der Waals surface area contributed by atoms with E-state index in [0.717, 1.165) is 11.8 Å². The Morgan fingerprint density at radius 2 is 2.24 bits per heavy atom. The molecule has 94 valence electrons. The number of halogens is 1. The molecule has 0 spiro atoms. The fraction of sp³-hybridized carbons (Fsp3) is 0.500. The van der Waals surface area contributed by atoms with Crippen LogP contribution in [0, 0.1) is 5.92 Å². The van der Waals surface area contributed by atoms with E-state index in [-0.39, 0.29) is 11.9 Å². The maximum Gasteiger partial charge on any atom is 0.317 e. The highest BCUT2D eigenvalue weighted by molar-refractivity contribution is 8.00. The van der Waals surface area contributed by atoms with Crippen LogP contribution in [-0.2, 0) is 4.79 Å². The summed E-state index contributed by atoms with van der Waals surface area (Å²) in [7, 11) is 1.44. The average molecular weight is 277 g/mol. The van der Waals surface area contributed by atoms with Crippen molar-refractivity contribution in [3.8, 4) is 6.01 Å². The van der Waals surface area contributed by atoms with Crippen molar-refractivity contribution in [3.05, 3.63) is 11.2 Å².